The van der Waals surface area contributed by atoms with E-state index in [-0.39, 0.29) is 0 Å². The molecular weight excluding hydrogens is 288 g/mol. The van der Waals surface area contributed by atoms with Gasteiger partial charge in [0, 0.05) is 5.92 Å². The fourth-order valence-corrected chi connectivity index (χ4v) is 3.21. The molecule has 126 valence electrons. The summed E-state index contributed by atoms with van der Waals surface area (Å²) >= 11 is 0. The van der Waals surface area contributed by atoms with Crippen molar-refractivity contribution in [2.45, 2.75) is 51.4 Å². The van der Waals surface area contributed by atoms with Crippen LogP contribution in [-0.4, -0.2) is 0 Å². The quantitative estimate of drug-likeness (QED) is 0.399. The SMILES string of the molecule is C=Cc1ccc(C(CCCCCCC)c2ccc(C=C)cc2)cc1. The van der Waals surface area contributed by atoms with Gasteiger partial charge in [0.2, 0.25) is 0 Å². The molecule has 0 heterocycles. The minimum atomic E-state index is 0.476. The van der Waals surface area contributed by atoms with E-state index >= 15 is 0 Å². The molecule has 0 bridgehead atoms. The highest BCUT2D eigenvalue weighted by Gasteiger charge is 2.14. The van der Waals surface area contributed by atoms with Crippen LogP contribution in [0.15, 0.2) is 61.7 Å². The third-order valence-corrected chi connectivity index (χ3v) is 4.75. The van der Waals surface area contributed by atoms with Crippen LogP contribution in [-0.2, 0) is 0 Å². The molecule has 0 spiro atoms. The van der Waals surface area contributed by atoms with E-state index in [0.717, 1.165) is 0 Å². The zero-order valence-corrected chi connectivity index (χ0v) is 15.0. The van der Waals surface area contributed by atoms with Crippen LogP contribution in [0.3, 0.4) is 0 Å². The molecule has 0 heteroatoms. The third-order valence-electron chi connectivity index (χ3n) is 4.75. The highest BCUT2D eigenvalue weighted by Crippen LogP contribution is 2.31. The van der Waals surface area contributed by atoms with E-state index in [1.807, 2.05) is 12.2 Å². The summed E-state index contributed by atoms with van der Waals surface area (Å²) in [6.07, 6.45) is 11.7. The van der Waals surface area contributed by atoms with Gasteiger partial charge in [-0.25, -0.2) is 0 Å². The summed E-state index contributed by atoms with van der Waals surface area (Å²) in [5.74, 6) is 0.476. The molecule has 0 N–H and O–H groups in total. The lowest BCUT2D eigenvalue weighted by Gasteiger charge is -2.19. The molecule has 0 atom stereocenters. The van der Waals surface area contributed by atoms with Crippen LogP contribution >= 0.6 is 0 Å². The van der Waals surface area contributed by atoms with Crippen LogP contribution in [0.1, 0.15) is 73.6 Å². The zero-order valence-electron chi connectivity index (χ0n) is 15.0. The molecule has 0 radical (unpaired) electrons. The van der Waals surface area contributed by atoms with Crippen molar-refractivity contribution in [2.24, 2.45) is 0 Å². The summed E-state index contributed by atoms with van der Waals surface area (Å²) in [6.45, 7) is 9.97. The average Bonchev–Trinajstić information content (AvgIpc) is 2.65. The van der Waals surface area contributed by atoms with Gasteiger partial charge in [-0.15, -0.1) is 0 Å². The van der Waals surface area contributed by atoms with Gasteiger partial charge in [-0.1, -0.05) is 113 Å². The van der Waals surface area contributed by atoms with E-state index in [1.54, 1.807) is 0 Å². The van der Waals surface area contributed by atoms with E-state index < -0.39 is 0 Å². The first-order chi connectivity index (χ1) is 11.8. The summed E-state index contributed by atoms with van der Waals surface area (Å²) in [5, 5.41) is 0. The minimum Gasteiger partial charge on any atom is -0.0985 e. The van der Waals surface area contributed by atoms with Crippen LogP contribution < -0.4 is 0 Å². The first-order valence-corrected chi connectivity index (χ1v) is 9.23. The monoisotopic (exact) mass is 318 g/mol. The van der Waals surface area contributed by atoms with Gasteiger partial charge >= 0.3 is 0 Å². The lowest BCUT2D eigenvalue weighted by Crippen LogP contribution is -2.02. The maximum atomic E-state index is 3.85. The first-order valence-electron chi connectivity index (χ1n) is 9.23. The second-order valence-corrected chi connectivity index (χ2v) is 6.50. The van der Waals surface area contributed by atoms with Gasteiger partial charge in [-0.05, 0) is 28.7 Å². The standard InChI is InChI=1S/C24H30/c1-4-7-8-9-10-11-24(22-16-12-20(5-2)13-17-22)23-18-14-21(6-3)15-19-23/h5-6,12-19,24H,2-4,7-11H2,1H3. The van der Waals surface area contributed by atoms with Crippen LogP contribution in [0, 0.1) is 0 Å². The second-order valence-electron chi connectivity index (χ2n) is 6.50. The molecule has 0 aliphatic heterocycles. The van der Waals surface area contributed by atoms with Crippen molar-refractivity contribution in [3.63, 3.8) is 0 Å². The van der Waals surface area contributed by atoms with Crippen molar-refractivity contribution >= 4 is 12.2 Å². The Morgan fingerprint density at radius 1 is 0.708 bits per heavy atom. The molecular formula is C24H30. The minimum absolute atomic E-state index is 0.476. The Hall–Kier alpha value is -2.08. The van der Waals surface area contributed by atoms with Crippen molar-refractivity contribution in [2.75, 3.05) is 0 Å². The summed E-state index contributed by atoms with van der Waals surface area (Å²) in [5.41, 5.74) is 5.18. The van der Waals surface area contributed by atoms with E-state index in [4.69, 9.17) is 0 Å². The van der Waals surface area contributed by atoms with Gasteiger partial charge in [-0.3, -0.25) is 0 Å². The highest BCUT2D eigenvalue weighted by atomic mass is 14.2. The van der Waals surface area contributed by atoms with Gasteiger partial charge < -0.3 is 0 Å². The Bertz CT molecular complexity index is 565. The predicted octanol–water partition coefficient (Wildman–Crippen LogP) is 7.47. The summed E-state index contributed by atoms with van der Waals surface area (Å²) in [4.78, 5) is 0. The lowest BCUT2D eigenvalue weighted by atomic mass is 9.86. The molecule has 0 saturated carbocycles. The van der Waals surface area contributed by atoms with Crippen molar-refractivity contribution < 1.29 is 0 Å². The Morgan fingerprint density at radius 3 is 1.58 bits per heavy atom. The predicted molar refractivity (Wildman–Crippen MR) is 108 cm³/mol. The normalized spacial score (nSPS) is 10.8. The Morgan fingerprint density at radius 2 is 1.17 bits per heavy atom. The molecule has 0 nitrogen and oxygen atoms in total. The number of hydrogen-bond acceptors (Lipinski definition) is 0. The van der Waals surface area contributed by atoms with Crippen LogP contribution in [0.4, 0.5) is 0 Å². The molecule has 24 heavy (non-hydrogen) atoms. The van der Waals surface area contributed by atoms with E-state index in [9.17, 15) is 0 Å². The molecule has 2 aromatic carbocycles. The Kier molecular flexibility index (Phi) is 7.55. The van der Waals surface area contributed by atoms with Crippen molar-refractivity contribution in [1.82, 2.24) is 0 Å². The van der Waals surface area contributed by atoms with Gasteiger partial charge in [0.1, 0.15) is 0 Å². The molecule has 0 fully saturated rings. The molecule has 2 aromatic rings. The first kappa shape index (κ1) is 18.3. The van der Waals surface area contributed by atoms with E-state index in [2.05, 4.69) is 68.6 Å². The zero-order chi connectivity index (χ0) is 17.2. The van der Waals surface area contributed by atoms with Gasteiger partial charge in [-0.2, -0.15) is 0 Å². The number of rotatable bonds is 10. The lowest BCUT2D eigenvalue weighted by molar-refractivity contribution is 0.580. The molecule has 0 unspecified atom stereocenters. The van der Waals surface area contributed by atoms with Crippen molar-refractivity contribution in [1.29, 1.82) is 0 Å². The van der Waals surface area contributed by atoms with E-state index in [0.29, 0.717) is 5.92 Å². The van der Waals surface area contributed by atoms with Gasteiger partial charge in [0.25, 0.3) is 0 Å². The number of benzene rings is 2. The fourth-order valence-electron chi connectivity index (χ4n) is 3.21. The molecule has 2 rings (SSSR count). The topological polar surface area (TPSA) is 0 Å². The third kappa shape index (κ3) is 5.23. The molecule has 0 aliphatic carbocycles. The van der Waals surface area contributed by atoms with Gasteiger partial charge in [0.15, 0.2) is 0 Å². The van der Waals surface area contributed by atoms with Crippen LogP contribution in [0.25, 0.3) is 12.2 Å². The van der Waals surface area contributed by atoms with Crippen molar-refractivity contribution in [3.05, 3.63) is 83.9 Å². The van der Waals surface area contributed by atoms with Crippen molar-refractivity contribution in [3.8, 4) is 0 Å². The number of unbranched alkanes of at least 4 members (excludes halogenated alkanes) is 4. The molecule has 0 amide bonds. The Labute approximate surface area is 147 Å². The summed E-state index contributed by atoms with van der Waals surface area (Å²) in [7, 11) is 0. The maximum absolute atomic E-state index is 3.85. The summed E-state index contributed by atoms with van der Waals surface area (Å²) < 4.78 is 0. The van der Waals surface area contributed by atoms with Crippen LogP contribution in [0.2, 0.25) is 0 Å². The van der Waals surface area contributed by atoms with Gasteiger partial charge in [0.05, 0.1) is 0 Å². The molecule has 0 aliphatic rings. The van der Waals surface area contributed by atoms with E-state index in [1.165, 1.54) is 60.8 Å². The largest absolute Gasteiger partial charge is 0.0985 e. The molecule has 0 aromatic heterocycles. The Balaban J connectivity index is 2.15. The average molecular weight is 319 g/mol. The second kappa shape index (κ2) is 9.93. The maximum Gasteiger partial charge on any atom is 0.00893 e. The number of hydrogen-bond donors (Lipinski definition) is 0. The molecule has 0 saturated heterocycles. The summed E-state index contributed by atoms with van der Waals surface area (Å²) in [6, 6.07) is 17.7. The highest BCUT2D eigenvalue weighted by molar-refractivity contribution is 5.50. The van der Waals surface area contributed by atoms with Crippen LogP contribution in [0.5, 0.6) is 0 Å². The fraction of sp³-hybridized carbons (Fsp3) is 0.333. The smallest absolute Gasteiger partial charge is 0.00893 e.